The van der Waals surface area contributed by atoms with Crippen molar-refractivity contribution in [1.82, 2.24) is 0 Å². The minimum absolute atomic E-state index is 0.164. The van der Waals surface area contributed by atoms with Crippen LogP contribution in [0.4, 0.5) is 24.5 Å². The van der Waals surface area contributed by atoms with Crippen LogP contribution in [0.3, 0.4) is 0 Å². The number of nitrogens with zero attached hydrogens (tertiary/aromatic N) is 1. The van der Waals surface area contributed by atoms with Gasteiger partial charge in [-0.25, -0.2) is 0 Å². The Morgan fingerprint density at radius 3 is 2.55 bits per heavy atom. The van der Waals surface area contributed by atoms with Gasteiger partial charge in [-0.15, -0.1) is 0 Å². The summed E-state index contributed by atoms with van der Waals surface area (Å²) in [4.78, 5) is 9.58. The molecule has 1 unspecified atom stereocenters. The van der Waals surface area contributed by atoms with E-state index in [4.69, 9.17) is 4.74 Å². The Bertz CT molecular complexity index is 478. The van der Waals surface area contributed by atoms with Gasteiger partial charge in [-0.2, -0.15) is 13.2 Å². The maximum atomic E-state index is 12.8. The van der Waals surface area contributed by atoms with Gasteiger partial charge in [0.05, 0.1) is 11.5 Å². The number of anilines is 1. The molecule has 1 atom stereocenters. The van der Waals surface area contributed by atoms with E-state index in [9.17, 15) is 23.3 Å². The normalized spacial score (nSPS) is 13.1. The molecule has 20 heavy (non-hydrogen) atoms. The van der Waals surface area contributed by atoms with Crippen molar-refractivity contribution in [1.29, 1.82) is 0 Å². The van der Waals surface area contributed by atoms with Gasteiger partial charge >= 0.3 is 6.18 Å². The highest BCUT2D eigenvalue weighted by Crippen LogP contribution is 2.37. The number of rotatable bonds is 6. The molecule has 0 bridgehead atoms. The average Bonchev–Trinajstić information content (AvgIpc) is 2.36. The topological polar surface area (TPSA) is 64.4 Å². The summed E-state index contributed by atoms with van der Waals surface area (Å²) < 4.78 is 43.3. The van der Waals surface area contributed by atoms with E-state index in [1.807, 2.05) is 6.92 Å². The van der Waals surface area contributed by atoms with Gasteiger partial charge in [0.1, 0.15) is 5.56 Å². The SMILES string of the molecule is CCC(COC)Nc1ccc([N+](=O)[O-])c(C(F)(F)F)c1. The number of hydrogen-bond donors (Lipinski definition) is 1. The second kappa shape index (κ2) is 6.56. The number of hydrogen-bond acceptors (Lipinski definition) is 4. The van der Waals surface area contributed by atoms with Gasteiger partial charge in [0.15, 0.2) is 0 Å². The highest BCUT2D eigenvalue weighted by atomic mass is 19.4. The van der Waals surface area contributed by atoms with Crippen LogP contribution in [-0.2, 0) is 10.9 Å². The lowest BCUT2D eigenvalue weighted by molar-refractivity contribution is -0.388. The van der Waals surface area contributed by atoms with Crippen molar-refractivity contribution in [3.8, 4) is 0 Å². The number of methoxy groups -OCH3 is 1. The lowest BCUT2D eigenvalue weighted by Gasteiger charge is -2.18. The van der Waals surface area contributed by atoms with Crippen LogP contribution < -0.4 is 5.32 Å². The van der Waals surface area contributed by atoms with Gasteiger partial charge in [0.2, 0.25) is 0 Å². The first kappa shape index (κ1) is 16.2. The molecular weight excluding hydrogens is 277 g/mol. The number of benzene rings is 1. The molecular formula is C12H15F3N2O3. The maximum Gasteiger partial charge on any atom is 0.423 e. The monoisotopic (exact) mass is 292 g/mol. The molecule has 1 aromatic rings. The Balaban J connectivity index is 3.10. The fourth-order valence-electron chi connectivity index (χ4n) is 1.71. The van der Waals surface area contributed by atoms with E-state index in [-0.39, 0.29) is 11.7 Å². The standard InChI is InChI=1S/C12H15F3N2O3/c1-3-8(7-20-2)16-9-4-5-11(17(18)19)10(6-9)12(13,14)15/h4-6,8,16H,3,7H2,1-2H3. The number of alkyl halides is 3. The number of ether oxygens (including phenoxy) is 1. The van der Waals surface area contributed by atoms with E-state index in [1.165, 1.54) is 13.2 Å². The molecule has 1 aromatic carbocycles. The smallest absolute Gasteiger partial charge is 0.383 e. The Kier molecular flexibility index (Phi) is 5.32. The molecule has 0 saturated heterocycles. The lowest BCUT2D eigenvalue weighted by atomic mass is 10.1. The molecule has 1 rings (SSSR count). The molecule has 0 aliphatic rings. The Morgan fingerprint density at radius 1 is 1.45 bits per heavy atom. The second-order valence-electron chi connectivity index (χ2n) is 4.19. The summed E-state index contributed by atoms with van der Waals surface area (Å²) in [6.45, 7) is 2.18. The number of nitro benzene ring substituents is 1. The lowest BCUT2D eigenvalue weighted by Crippen LogP contribution is -2.24. The zero-order valence-corrected chi connectivity index (χ0v) is 11.0. The zero-order chi connectivity index (χ0) is 15.3. The predicted octanol–water partition coefficient (Wildman–Crippen LogP) is 3.45. The summed E-state index contributed by atoms with van der Waals surface area (Å²) in [5, 5.41) is 13.5. The third-order valence-corrected chi connectivity index (χ3v) is 2.73. The fourth-order valence-corrected chi connectivity index (χ4v) is 1.71. The van der Waals surface area contributed by atoms with Crippen molar-refractivity contribution in [2.45, 2.75) is 25.6 Å². The summed E-state index contributed by atoms with van der Waals surface area (Å²) in [7, 11) is 1.49. The molecule has 0 aromatic heterocycles. The number of nitro groups is 1. The van der Waals surface area contributed by atoms with E-state index >= 15 is 0 Å². The molecule has 0 aliphatic heterocycles. The van der Waals surface area contributed by atoms with Crippen molar-refractivity contribution in [3.63, 3.8) is 0 Å². The molecule has 8 heteroatoms. The third-order valence-electron chi connectivity index (χ3n) is 2.73. The van der Waals surface area contributed by atoms with Gasteiger partial charge in [-0.1, -0.05) is 6.92 Å². The van der Waals surface area contributed by atoms with Gasteiger partial charge < -0.3 is 10.1 Å². The van der Waals surface area contributed by atoms with Crippen molar-refractivity contribution in [2.75, 3.05) is 19.0 Å². The predicted molar refractivity (Wildman–Crippen MR) is 67.7 cm³/mol. The molecule has 0 heterocycles. The summed E-state index contributed by atoms with van der Waals surface area (Å²) >= 11 is 0. The van der Waals surface area contributed by atoms with Gasteiger partial charge in [0, 0.05) is 24.9 Å². The van der Waals surface area contributed by atoms with E-state index in [1.54, 1.807) is 0 Å². The summed E-state index contributed by atoms with van der Waals surface area (Å²) in [5.74, 6) is 0. The van der Waals surface area contributed by atoms with Crippen LogP contribution in [0.15, 0.2) is 18.2 Å². The number of nitrogens with one attached hydrogen (secondary N) is 1. The van der Waals surface area contributed by atoms with E-state index < -0.39 is 22.4 Å². The van der Waals surface area contributed by atoms with Crippen molar-refractivity contribution in [3.05, 3.63) is 33.9 Å². The van der Waals surface area contributed by atoms with E-state index in [2.05, 4.69) is 5.32 Å². The molecule has 5 nitrogen and oxygen atoms in total. The first-order valence-corrected chi connectivity index (χ1v) is 5.90. The summed E-state index contributed by atoms with van der Waals surface area (Å²) in [6.07, 6.45) is -4.13. The molecule has 0 radical (unpaired) electrons. The van der Waals surface area contributed by atoms with Crippen LogP contribution in [0, 0.1) is 10.1 Å². The highest BCUT2D eigenvalue weighted by Gasteiger charge is 2.38. The third kappa shape index (κ3) is 4.09. The molecule has 0 aliphatic carbocycles. The van der Waals surface area contributed by atoms with Gasteiger partial charge in [-0.05, 0) is 18.6 Å². The van der Waals surface area contributed by atoms with Crippen LogP contribution in [-0.4, -0.2) is 24.7 Å². The van der Waals surface area contributed by atoms with Crippen LogP contribution >= 0.6 is 0 Å². The van der Waals surface area contributed by atoms with Crippen LogP contribution in [0.5, 0.6) is 0 Å². The second-order valence-corrected chi connectivity index (χ2v) is 4.19. The Hall–Kier alpha value is -1.83. The Morgan fingerprint density at radius 2 is 2.10 bits per heavy atom. The van der Waals surface area contributed by atoms with Crippen molar-refractivity contribution in [2.24, 2.45) is 0 Å². The van der Waals surface area contributed by atoms with Gasteiger partial charge in [-0.3, -0.25) is 10.1 Å². The maximum absolute atomic E-state index is 12.8. The average molecular weight is 292 g/mol. The molecule has 0 amide bonds. The highest BCUT2D eigenvalue weighted by molar-refractivity contribution is 5.55. The van der Waals surface area contributed by atoms with Crippen molar-refractivity contribution < 1.29 is 22.8 Å². The van der Waals surface area contributed by atoms with E-state index in [0.717, 1.165) is 12.1 Å². The van der Waals surface area contributed by atoms with E-state index in [0.29, 0.717) is 13.0 Å². The van der Waals surface area contributed by atoms with Gasteiger partial charge in [0.25, 0.3) is 5.69 Å². The zero-order valence-electron chi connectivity index (χ0n) is 11.0. The molecule has 1 N–H and O–H groups in total. The van der Waals surface area contributed by atoms with Crippen molar-refractivity contribution >= 4 is 11.4 Å². The van der Waals surface area contributed by atoms with Crippen LogP contribution in [0.1, 0.15) is 18.9 Å². The number of halogens is 3. The van der Waals surface area contributed by atoms with Crippen LogP contribution in [0.2, 0.25) is 0 Å². The minimum Gasteiger partial charge on any atom is -0.383 e. The van der Waals surface area contributed by atoms with Crippen LogP contribution in [0.25, 0.3) is 0 Å². The molecule has 0 spiro atoms. The Labute approximate surface area is 113 Å². The minimum atomic E-state index is -4.77. The largest absolute Gasteiger partial charge is 0.423 e. The first-order chi connectivity index (χ1) is 9.29. The fraction of sp³-hybridized carbons (Fsp3) is 0.500. The molecule has 112 valence electrons. The molecule has 0 fully saturated rings. The summed E-state index contributed by atoms with van der Waals surface area (Å²) in [5.41, 5.74) is -2.05. The quantitative estimate of drug-likeness (QED) is 0.644. The molecule has 0 saturated carbocycles. The first-order valence-electron chi connectivity index (χ1n) is 5.90. The summed E-state index contributed by atoms with van der Waals surface area (Å²) in [6, 6.07) is 2.69.